The molecule has 90 heavy (non-hydrogen) atoms. The van der Waals surface area contributed by atoms with Gasteiger partial charge in [0, 0.05) is 32.2 Å². The molecule has 4 aromatic rings. The van der Waals surface area contributed by atoms with Gasteiger partial charge in [-0.2, -0.15) is 0 Å². The van der Waals surface area contributed by atoms with Gasteiger partial charge in [0.05, 0.1) is 25.3 Å². The summed E-state index contributed by atoms with van der Waals surface area (Å²) in [6.45, 7) is 3.50. The van der Waals surface area contributed by atoms with Gasteiger partial charge in [-0.1, -0.05) is 98.8 Å². The Bertz CT molecular complexity index is 3170. The number of rotatable bonds is 37. The van der Waals surface area contributed by atoms with Gasteiger partial charge in [-0.05, 0) is 71.7 Å². The average molecular weight is 1250 g/mol. The highest BCUT2D eigenvalue weighted by molar-refractivity contribution is 6.00. The maximum atomic E-state index is 14.8. The molecule has 0 fully saturated rings. The fraction of sp³-hybridized carbons (Fsp3) is 0.383. The van der Waals surface area contributed by atoms with E-state index in [2.05, 4.69) is 47.5 Å². The molecule has 0 saturated heterocycles. The standard InChI is InChI=1S/C60H79N15O15/c1-32(2)24-47(59(89)90)75-56(86)43(26-34-12-7-4-8-13-34)70-52(82)40(14-9-23-67-60(65)66)68-53(83)44(28-36-17-21-38(77)22-18-36)71-55(85)42(25-33-10-5-3-6-11-33)72-57(87)45(30-49(63)79)74-58(88)46(31-50(64)80)73-54(84)41(27-35-15-19-37(76)20-16-35)69-51(81)39(61)29-48(62)78/h3-8,10-13,15-22,32,39-47,76-77H,9,14,23-31,61H2,1-2H3,(H2,62,78)(H2,63,79)(H2,64,80)(H,68,83)(H,69,81)(H,70,82)(H,71,85)(H,72,87)(H,73,84)(H,74,88)(H,75,86)(H,89,90)(H4,65,66,67)/t39-,40-,41-,42-,43-,44-,45-,46-,47-/m0/s1. The number of carboxylic acid groups (broad SMARTS) is 1. The number of guanidine groups is 1. The van der Waals surface area contributed by atoms with Crippen molar-refractivity contribution in [2.24, 2.45) is 45.3 Å². The second-order valence-electron chi connectivity index (χ2n) is 21.6. The van der Waals surface area contributed by atoms with Crippen molar-refractivity contribution < 1.29 is 72.9 Å². The van der Waals surface area contributed by atoms with E-state index in [0.29, 0.717) is 22.3 Å². The van der Waals surface area contributed by atoms with Gasteiger partial charge in [0.25, 0.3) is 0 Å². The lowest BCUT2D eigenvalue weighted by molar-refractivity contribution is -0.142. The van der Waals surface area contributed by atoms with E-state index in [-0.39, 0.29) is 74.9 Å². The molecule has 11 amide bonds. The first-order valence-electron chi connectivity index (χ1n) is 28.5. The van der Waals surface area contributed by atoms with Gasteiger partial charge in [-0.15, -0.1) is 0 Å². The molecule has 23 N–H and O–H groups in total. The van der Waals surface area contributed by atoms with Gasteiger partial charge >= 0.3 is 5.97 Å². The van der Waals surface area contributed by atoms with Crippen molar-refractivity contribution in [3.05, 3.63) is 131 Å². The fourth-order valence-electron chi connectivity index (χ4n) is 9.05. The van der Waals surface area contributed by atoms with E-state index in [9.17, 15) is 72.9 Å². The van der Waals surface area contributed by atoms with Crippen LogP contribution in [-0.2, 0) is 83.2 Å². The lowest BCUT2D eigenvalue weighted by atomic mass is 10.0. The largest absolute Gasteiger partial charge is 0.508 e. The number of nitrogens with two attached hydrogens (primary N) is 6. The van der Waals surface area contributed by atoms with Crippen LogP contribution in [0.1, 0.15) is 74.6 Å². The first-order chi connectivity index (χ1) is 42.6. The Labute approximate surface area is 517 Å². The van der Waals surface area contributed by atoms with Gasteiger partial charge in [0.15, 0.2) is 5.96 Å². The quantitative estimate of drug-likeness (QED) is 0.0118. The molecule has 0 aliphatic rings. The summed E-state index contributed by atoms with van der Waals surface area (Å²) in [6, 6.07) is 13.0. The molecule has 9 atom stereocenters. The van der Waals surface area contributed by atoms with Crippen LogP contribution >= 0.6 is 0 Å². The van der Waals surface area contributed by atoms with Crippen LogP contribution in [-0.4, -0.2) is 153 Å². The van der Waals surface area contributed by atoms with Crippen LogP contribution < -0.4 is 76.9 Å². The van der Waals surface area contributed by atoms with Gasteiger partial charge in [0.1, 0.15) is 59.8 Å². The molecule has 30 nitrogen and oxygen atoms in total. The number of primary amides is 3. The number of carbonyl (C=O) groups excluding carboxylic acids is 11. The van der Waals surface area contributed by atoms with E-state index in [1.807, 2.05) is 0 Å². The summed E-state index contributed by atoms with van der Waals surface area (Å²) >= 11 is 0. The van der Waals surface area contributed by atoms with Crippen LogP contribution in [0.4, 0.5) is 0 Å². The van der Waals surface area contributed by atoms with Crippen LogP contribution in [0, 0.1) is 5.92 Å². The zero-order chi connectivity index (χ0) is 66.6. The van der Waals surface area contributed by atoms with Crippen molar-refractivity contribution in [3.8, 4) is 11.5 Å². The maximum absolute atomic E-state index is 14.8. The van der Waals surface area contributed by atoms with Gasteiger partial charge in [0.2, 0.25) is 65.0 Å². The molecular weight excluding hydrogens is 1170 g/mol. The third kappa shape index (κ3) is 25.7. The number of carbonyl (C=O) groups is 12. The number of nitrogens with zero attached hydrogens (tertiary/aromatic N) is 1. The normalized spacial score (nSPS) is 13.9. The Morgan fingerprint density at radius 3 is 1.03 bits per heavy atom. The number of nitrogens with one attached hydrogen (secondary N) is 8. The van der Waals surface area contributed by atoms with Crippen LogP contribution in [0.25, 0.3) is 0 Å². The predicted molar refractivity (Wildman–Crippen MR) is 326 cm³/mol. The Balaban J connectivity index is 1.70. The van der Waals surface area contributed by atoms with Crippen LogP contribution in [0.3, 0.4) is 0 Å². The first kappa shape index (κ1) is 71.8. The zero-order valence-corrected chi connectivity index (χ0v) is 49.6. The van der Waals surface area contributed by atoms with Gasteiger partial charge in [-0.3, -0.25) is 57.7 Å². The minimum atomic E-state index is -1.96. The van der Waals surface area contributed by atoms with Crippen LogP contribution in [0.15, 0.2) is 114 Å². The molecule has 0 spiro atoms. The van der Waals surface area contributed by atoms with E-state index >= 15 is 0 Å². The number of aliphatic carboxylic acids is 1. The molecule has 4 rings (SSSR count). The highest BCUT2D eigenvalue weighted by Gasteiger charge is 2.37. The van der Waals surface area contributed by atoms with Gasteiger partial charge in [-0.25, -0.2) is 4.79 Å². The molecule has 30 heteroatoms. The van der Waals surface area contributed by atoms with Crippen molar-refractivity contribution in [1.29, 1.82) is 0 Å². The molecule has 4 aromatic carbocycles. The Morgan fingerprint density at radius 2 is 0.700 bits per heavy atom. The van der Waals surface area contributed by atoms with E-state index < -0.39 is 145 Å². The summed E-state index contributed by atoms with van der Waals surface area (Å²) in [4.78, 5) is 167. The number of aromatic hydroxyl groups is 2. The van der Waals surface area contributed by atoms with Crippen LogP contribution in [0.2, 0.25) is 0 Å². The number of phenols is 2. The molecule has 484 valence electrons. The summed E-state index contributed by atoms with van der Waals surface area (Å²) in [5.74, 6) is -13.7. The highest BCUT2D eigenvalue weighted by atomic mass is 16.4. The third-order valence-corrected chi connectivity index (χ3v) is 13.6. The second-order valence-corrected chi connectivity index (χ2v) is 21.6. The highest BCUT2D eigenvalue weighted by Crippen LogP contribution is 2.16. The molecule has 0 unspecified atom stereocenters. The number of hydrogen-bond acceptors (Lipinski definition) is 16. The lowest BCUT2D eigenvalue weighted by Gasteiger charge is -2.28. The van der Waals surface area contributed by atoms with Crippen LogP contribution in [0.5, 0.6) is 11.5 Å². The average Bonchev–Trinajstić information content (AvgIpc) is 1.22. The smallest absolute Gasteiger partial charge is 0.326 e. The third-order valence-electron chi connectivity index (χ3n) is 13.6. The monoisotopic (exact) mass is 1250 g/mol. The summed E-state index contributed by atoms with van der Waals surface area (Å²) in [7, 11) is 0. The number of phenolic OH excluding ortho intramolecular Hbond substituents is 2. The summed E-state index contributed by atoms with van der Waals surface area (Å²) < 4.78 is 0. The Kier molecular flexibility index (Phi) is 28.6. The van der Waals surface area contributed by atoms with Crippen molar-refractivity contribution in [2.75, 3.05) is 6.54 Å². The number of aliphatic imine (C=N–C) groups is 1. The molecule has 0 heterocycles. The molecule has 0 radical (unpaired) electrons. The second kappa shape index (κ2) is 35.8. The van der Waals surface area contributed by atoms with E-state index in [1.54, 1.807) is 74.5 Å². The molecule has 0 bridgehead atoms. The molecular formula is C60H79N15O15. The number of benzene rings is 4. The molecule has 0 saturated carbocycles. The molecule has 0 aromatic heterocycles. The minimum absolute atomic E-state index is 0.0316. The lowest BCUT2D eigenvalue weighted by Crippen LogP contribution is -2.61. The SMILES string of the molecule is CC(C)C[C@H](NC(=O)[C@H](Cc1ccccc1)NC(=O)[C@H](CCCN=C(N)N)NC(=O)[C@H](Cc1ccc(O)cc1)NC(=O)[C@H](Cc1ccccc1)NC(=O)[C@H](CC(N)=O)NC(=O)[C@H](CC(N)=O)NC(=O)[C@H](Cc1ccc(O)cc1)NC(=O)[C@@H](N)CC(N)=O)C(=O)O. The van der Waals surface area contributed by atoms with Crippen molar-refractivity contribution in [2.45, 2.75) is 132 Å². The van der Waals surface area contributed by atoms with Gasteiger partial charge < -0.3 is 92.3 Å². The van der Waals surface area contributed by atoms with E-state index in [4.69, 9.17) is 34.4 Å². The van der Waals surface area contributed by atoms with Crippen molar-refractivity contribution in [3.63, 3.8) is 0 Å². The summed E-state index contributed by atoms with van der Waals surface area (Å²) in [6.07, 6.45) is -3.63. The zero-order valence-electron chi connectivity index (χ0n) is 49.6. The number of amides is 11. The Hall–Kier alpha value is -10.7. The topological polar surface area (TPSA) is 530 Å². The number of carboxylic acids is 1. The molecule has 0 aliphatic heterocycles. The number of hydrogen-bond donors (Lipinski definition) is 17. The Morgan fingerprint density at radius 1 is 0.400 bits per heavy atom. The minimum Gasteiger partial charge on any atom is -0.508 e. The summed E-state index contributed by atoms with van der Waals surface area (Å²) in [5.41, 5.74) is 35.0. The predicted octanol–water partition coefficient (Wildman–Crippen LogP) is -3.62. The molecule has 0 aliphatic carbocycles. The van der Waals surface area contributed by atoms with E-state index in [1.165, 1.54) is 48.5 Å². The van der Waals surface area contributed by atoms with E-state index in [0.717, 1.165) is 0 Å². The maximum Gasteiger partial charge on any atom is 0.326 e. The fourth-order valence-corrected chi connectivity index (χ4v) is 9.05. The summed E-state index contributed by atoms with van der Waals surface area (Å²) in [5, 5.41) is 49.8. The first-order valence-corrected chi connectivity index (χ1v) is 28.5. The van der Waals surface area contributed by atoms with Crippen molar-refractivity contribution >= 4 is 76.9 Å². The van der Waals surface area contributed by atoms with Crippen molar-refractivity contribution in [1.82, 2.24) is 42.5 Å².